The number of urea groups is 1. The summed E-state index contributed by atoms with van der Waals surface area (Å²) in [6.07, 6.45) is 1.58. The van der Waals surface area contributed by atoms with Crippen molar-refractivity contribution in [2.24, 2.45) is 5.16 Å². The van der Waals surface area contributed by atoms with E-state index in [-0.39, 0.29) is 18.5 Å². The third-order valence-corrected chi connectivity index (χ3v) is 3.08. The highest BCUT2D eigenvalue weighted by molar-refractivity contribution is 6.19. The first kappa shape index (κ1) is 13.8. The highest BCUT2D eigenvalue weighted by atomic mass is 16.4. The molecule has 0 aliphatic carbocycles. The molecule has 1 N–H and O–H groups in total. The Hall–Kier alpha value is -2.63. The zero-order valence-electron chi connectivity index (χ0n) is 11.1. The van der Waals surface area contributed by atoms with Gasteiger partial charge in [-0.25, -0.2) is 9.69 Å². The molecule has 0 spiro atoms. The van der Waals surface area contributed by atoms with Gasteiger partial charge in [-0.1, -0.05) is 23.4 Å². The Balaban J connectivity index is 2.25. The fourth-order valence-corrected chi connectivity index (χ4v) is 2.01. The standard InChI is InChI=1S/C14H15N3O3/c1-3-8-16-9-13(18)17(14(16)19)12-6-4-11(5-7-12)10(2)15-20/h3-7,20H,1,8-9H2,2H3. The normalized spacial score (nSPS) is 15.9. The number of benzene rings is 1. The average Bonchev–Trinajstić information content (AvgIpc) is 2.73. The van der Waals surface area contributed by atoms with E-state index in [0.29, 0.717) is 17.9 Å². The third-order valence-electron chi connectivity index (χ3n) is 3.08. The van der Waals surface area contributed by atoms with E-state index in [9.17, 15) is 9.59 Å². The van der Waals surface area contributed by atoms with E-state index in [4.69, 9.17) is 5.21 Å². The van der Waals surface area contributed by atoms with Crippen LogP contribution in [0.1, 0.15) is 12.5 Å². The molecule has 20 heavy (non-hydrogen) atoms. The van der Waals surface area contributed by atoms with Gasteiger partial charge in [-0.15, -0.1) is 6.58 Å². The number of nitrogens with zero attached hydrogens (tertiary/aromatic N) is 3. The molecule has 0 bridgehead atoms. The fraction of sp³-hybridized carbons (Fsp3) is 0.214. The Bertz CT molecular complexity index is 578. The summed E-state index contributed by atoms with van der Waals surface area (Å²) in [7, 11) is 0. The lowest BCUT2D eigenvalue weighted by Crippen LogP contribution is -2.33. The second-order valence-corrected chi connectivity index (χ2v) is 4.41. The molecule has 0 saturated carbocycles. The van der Waals surface area contributed by atoms with Crippen LogP contribution in [-0.4, -0.2) is 40.8 Å². The van der Waals surface area contributed by atoms with Crippen molar-refractivity contribution in [2.45, 2.75) is 6.92 Å². The van der Waals surface area contributed by atoms with Gasteiger partial charge < -0.3 is 10.1 Å². The predicted octanol–water partition coefficient (Wildman–Crippen LogP) is 1.84. The Kier molecular flexibility index (Phi) is 3.84. The van der Waals surface area contributed by atoms with Gasteiger partial charge in [0.25, 0.3) is 5.91 Å². The number of rotatable bonds is 4. The van der Waals surface area contributed by atoms with Crippen LogP contribution < -0.4 is 4.90 Å². The molecule has 1 aliphatic rings. The molecule has 3 amide bonds. The minimum atomic E-state index is -0.352. The minimum Gasteiger partial charge on any atom is -0.411 e. The topological polar surface area (TPSA) is 73.2 Å². The SMILES string of the molecule is C=CCN1CC(=O)N(c2ccc(C(C)=NO)cc2)C1=O. The van der Waals surface area contributed by atoms with Crippen molar-refractivity contribution in [3.05, 3.63) is 42.5 Å². The largest absolute Gasteiger partial charge is 0.411 e. The summed E-state index contributed by atoms with van der Waals surface area (Å²) in [5, 5.41) is 11.8. The zero-order chi connectivity index (χ0) is 14.7. The molecule has 1 aromatic rings. The highest BCUT2D eigenvalue weighted by Crippen LogP contribution is 2.22. The Morgan fingerprint density at radius 2 is 2.05 bits per heavy atom. The van der Waals surface area contributed by atoms with E-state index in [1.54, 1.807) is 37.3 Å². The van der Waals surface area contributed by atoms with E-state index >= 15 is 0 Å². The summed E-state index contributed by atoms with van der Waals surface area (Å²) in [4.78, 5) is 26.6. The van der Waals surface area contributed by atoms with Gasteiger partial charge in [-0.05, 0) is 24.6 Å². The van der Waals surface area contributed by atoms with Crippen LogP contribution in [0.3, 0.4) is 0 Å². The summed E-state index contributed by atoms with van der Waals surface area (Å²) < 4.78 is 0. The van der Waals surface area contributed by atoms with E-state index in [1.807, 2.05) is 0 Å². The molecule has 2 rings (SSSR count). The number of oxime groups is 1. The number of carbonyl (C=O) groups excluding carboxylic acids is 2. The van der Waals surface area contributed by atoms with Gasteiger partial charge >= 0.3 is 6.03 Å². The van der Waals surface area contributed by atoms with Crippen LogP contribution in [-0.2, 0) is 4.79 Å². The van der Waals surface area contributed by atoms with E-state index in [1.165, 1.54) is 4.90 Å². The van der Waals surface area contributed by atoms with Crippen LogP contribution in [0.2, 0.25) is 0 Å². The van der Waals surface area contributed by atoms with Gasteiger partial charge in [0.15, 0.2) is 0 Å². The zero-order valence-corrected chi connectivity index (χ0v) is 11.1. The monoisotopic (exact) mass is 273 g/mol. The Morgan fingerprint density at radius 1 is 1.40 bits per heavy atom. The van der Waals surface area contributed by atoms with Crippen molar-refractivity contribution in [3.8, 4) is 0 Å². The van der Waals surface area contributed by atoms with E-state index in [2.05, 4.69) is 11.7 Å². The lowest BCUT2D eigenvalue weighted by atomic mass is 10.1. The molecule has 0 unspecified atom stereocenters. The quantitative estimate of drug-likeness (QED) is 0.299. The first-order chi connectivity index (χ1) is 9.58. The first-order valence-electron chi connectivity index (χ1n) is 6.10. The Morgan fingerprint density at radius 3 is 2.60 bits per heavy atom. The molecule has 1 aromatic carbocycles. The first-order valence-corrected chi connectivity index (χ1v) is 6.10. The Labute approximate surface area is 116 Å². The molecule has 0 radical (unpaired) electrons. The number of hydrogen-bond donors (Lipinski definition) is 1. The summed E-state index contributed by atoms with van der Waals surface area (Å²) in [6.45, 7) is 5.62. The lowest BCUT2D eigenvalue weighted by molar-refractivity contribution is -0.116. The maximum Gasteiger partial charge on any atom is 0.332 e. The summed E-state index contributed by atoms with van der Waals surface area (Å²) >= 11 is 0. The smallest absolute Gasteiger partial charge is 0.332 e. The molecule has 1 aliphatic heterocycles. The molecule has 104 valence electrons. The van der Waals surface area contributed by atoms with Gasteiger partial charge in [0.05, 0.1) is 11.4 Å². The molecule has 6 heteroatoms. The fourth-order valence-electron chi connectivity index (χ4n) is 2.01. The van der Waals surface area contributed by atoms with Crippen molar-refractivity contribution < 1.29 is 14.8 Å². The number of amides is 3. The molecule has 6 nitrogen and oxygen atoms in total. The van der Waals surface area contributed by atoms with E-state index < -0.39 is 0 Å². The second kappa shape index (κ2) is 5.56. The van der Waals surface area contributed by atoms with Gasteiger partial charge in [-0.3, -0.25) is 4.79 Å². The van der Waals surface area contributed by atoms with Crippen molar-refractivity contribution in [1.82, 2.24) is 4.90 Å². The highest BCUT2D eigenvalue weighted by Gasteiger charge is 2.36. The van der Waals surface area contributed by atoms with Gasteiger partial charge in [0.2, 0.25) is 0 Å². The lowest BCUT2D eigenvalue weighted by Gasteiger charge is -2.16. The van der Waals surface area contributed by atoms with Gasteiger partial charge in [0, 0.05) is 6.54 Å². The second-order valence-electron chi connectivity index (χ2n) is 4.41. The van der Waals surface area contributed by atoms with E-state index in [0.717, 1.165) is 10.5 Å². The predicted molar refractivity (Wildman–Crippen MR) is 75.1 cm³/mol. The number of hydrogen-bond acceptors (Lipinski definition) is 4. The number of carbonyl (C=O) groups is 2. The van der Waals surface area contributed by atoms with Crippen LogP contribution >= 0.6 is 0 Å². The number of imide groups is 1. The molecule has 0 aromatic heterocycles. The molecular weight excluding hydrogens is 258 g/mol. The molecule has 1 saturated heterocycles. The van der Waals surface area contributed by atoms with Crippen molar-refractivity contribution >= 4 is 23.3 Å². The van der Waals surface area contributed by atoms with Crippen LogP contribution in [0.25, 0.3) is 0 Å². The van der Waals surface area contributed by atoms with Crippen LogP contribution in [0.4, 0.5) is 10.5 Å². The molecule has 1 fully saturated rings. The summed E-state index contributed by atoms with van der Waals surface area (Å²) in [5.41, 5.74) is 1.68. The van der Waals surface area contributed by atoms with Crippen LogP contribution in [0.15, 0.2) is 42.1 Å². The van der Waals surface area contributed by atoms with Crippen molar-refractivity contribution in [2.75, 3.05) is 18.0 Å². The van der Waals surface area contributed by atoms with Gasteiger partial charge in [0.1, 0.15) is 6.54 Å². The van der Waals surface area contributed by atoms with Gasteiger partial charge in [-0.2, -0.15) is 0 Å². The van der Waals surface area contributed by atoms with Crippen molar-refractivity contribution in [1.29, 1.82) is 0 Å². The summed E-state index contributed by atoms with van der Waals surface area (Å²) in [5.74, 6) is -0.267. The minimum absolute atomic E-state index is 0.0593. The summed E-state index contributed by atoms with van der Waals surface area (Å²) in [6, 6.07) is 6.34. The van der Waals surface area contributed by atoms with Crippen LogP contribution in [0, 0.1) is 0 Å². The van der Waals surface area contributed by atoms with Crippen LogP contribution in [0.5, 0.6) is 0 Å². The number of anilines is 1. The van der Waals surface area contributed by atoms with Crippen molar-refractivity contribution in [3.63, 3.8) is 0 Å². The molecule has 0 atom stereocenters. The third kappa shape index (κ3) is 2.40. The average molecular weight is 273 g/mol. The maximum absolute atomic E-state index is 12.1. The molecule has 1 heterocycles. The maximum atomic E-state index is 12.1. The molecular formula is C14H15N3O3.